The first-order valence-corrected chi connectivity index (χ1v) is 24.6. The van der Waals surface area contributed by atoms with Crippen molar-refractivity contribution >= 4 is 46.2 Å². The maximum absolute atomic E-state index is 6.54. The zero-order chi connectivity index (χ0) is 42.5. The average Bonchev–Trinajstić information content (AvgIpc) is 3.83. The van der Waals surface area contributed by atoms with Gasteiger partial charge in [-0.2, -0.15) is 0 Å². The molecule has 0 spiro atoms. The Morgan fingerprint density at radius 3 is 1.98 bits per heavy atom. The van der Waals surface area contributed by atoms with E-state index in [0.717, 1.165) is 72.6 Å². The number of furan rings is 1. The van der Waals surface area contributed by atoms with Crippen LogP contribution in [-0.4, -0.2) is 27.6 Å². The van der Waals surface area contributed by atoms with Crippen LogP contribution in [0.15, 0.2) is 120 Å². The third-order valence-electron chi connectivity index (χ3n) is 11.7. The Balaban J connectivity index is 0.000000262. The van der Waals surface area contributed by atoms with Crippen molar-refractivity contribution < 1.29 is 24.5 Å². The minimum atomic E-state index is -1.27. The van der Waals surface area contributed by atoms with E-state index < -0.39 is 8.07 Å². The fraction of sp³-hybridized carbons (Fsp3) is 0.241. The Morgan fingerprint density at radius 2 is 1.34 bits per heavy atom. The van der Waals surface area contributed by atoms with Gasteiger partial charge >= 0.3 is 0 Å². The molecule has 0 bridgehead atoms. The van der Waals surface area contributed by atoms with Gasteiger partial charge in [0.1, 0.15) is 5.58 Å². The summed E-state index contributed by atoms with van der Waals surface area (Å²) in [6, 6.07) is 44.7. The average molecular weight is 995 g/mol. The van der Waals surface area contributed by atoms with Crippen LogP contribution in [0.3, 0.4) is 0 Å². The number of nitrogens with zero attached hydrogens (tertiary/aromatic N) is 4. The predicted octanol–water partition coefficient (Wildman–Crippen LogP) is 14.0. The van der Waals surface area contributed by atoms with Crippen LogP contribution in [0.5, 0.6) is 0 Å². The van der Waals surface area contributed by atoms with Crippen LogP contribution in [0.25, 0.3) is 72.4 Å². The zero-order valence-electron chi connectivity index (χ0n) is 37.2. The molecule has 0 aliphatic rings. The van der Waals surface area contributed by atoms with Crippen LogP contribution < -0.4 is 5.19 Å². The molecule has 4 aromatic heterocycles. The van der Waals surface area contributed by atoms with E-state index in [2.05, 4.69) is 176 Å². The molecule has 0 amide bonds. The number of aromatic nitrogens is 4. The van der Waals surface area contributed by atoms with Gasteiger partial charge in [-0.15, -0.1) is 54.1 Å². The first kappa shape index (κ1) is 43.6. The Kier molecular flexibility index (Phi) is 12.5. The third-order valence-corrected chi connectivity index (χ3v) is 13.8. The molecule has 0 saturated carbocycles. The number of fused-ring (bicyclic) bond motifs is 4. The van der Waals surface area contributed by atoms with E-state index in [1.54, 1.807) is 0 Å². The molecule has 311 valence electrons. The SMILES string of the molecule is Cc1cc(-c2[c-]cccc2)ncc1[Si](C)(C)C.Cc1nc(C)c2c(nc(-c3[c-]ccc4c3oc3ccccc34)n2-c2c(C(C)C)cc(-c3ccccc3)cc2C(C)C)c1C.[Ir]. The third kappa shape index (κ3) is 8.32. The van der Waals surface area contributed by atoms with Crippen LogP contribution >= 0.6 is 0 Å². The molecule has 9 rings (SSSR count). The number of benzene rings is 5. The van der Waals surface area contributed by atoms with Gasteiger partial charge in [0.15, 0.2) is 0 Å². The summed E-state index contributed by atoms with van der Waals surface area (Å²) in [7, 11) is -1.27. The number of pyridine rings is 2. The molecule has 0 unspecified atom stereocenters. The van der Waals surface area contributed by atoms with Gasteiger partial charge in [-0.25, -0.2) is 0 Å². The first-order chi connectivity index (χ1) is 28.7. The van der Waals surface area contributed by atoms with Gasteiger partial charge in [0.05, 0.1) is 36.2 Å². The van der Waals surface area contributed by atoms with Crippen molar-refractivity contribution in [2.24, 2.45) is 0 Å². The van der Waals surface area contributed by atoms with E-state index in [4.69, 9.17) is 14.4 Å². The topological polar surface area (TPSA) is 56.7 Å². The molecule has 7 heteroatoms. The second kappa shape index (κ2) is 17.5. The quantitative estimate of drug-likeness (QED) is 0.118. The van der Waals surface area contributed by atoms with Gasteiger partial charge in [0.25, 0.3) is 0 Å². The van der Waals surface area contributed by atoms with Crippen molar-refractivity contribution in [1.82, 2.24) is 19.5 Å². The van der Waals surface area contributed by atoms with Crippen molar-refractivity contribution in [3.63, 3.8) is 0 Å². The van der Waals surface area contributed by atoms with Gasteiger partial charge in [-0.3, -0.25) is 9.97 Å². The van der Waals surface area contributed by atoms with E-state index >= 15 is 0 Å². The Morgan fingerprint density at radius 1 is 0.672 bits per heavy atom. The molecule has 0 atom stereocenters. The molecular weight excluding hydrogens is 941 g/mol. The van der Waals surface area contributed by atoms with Gasteiger partial charge in [-0.1, -0.05) is 118 Å². The summed E-state index contributed by atoms with van der Waals surface area (Å²) in [4.78, 5) is 15.0. The number of aryl methyl sites for hydroxylation is 4. The molecule has 0 saturated heterocycles. The number of hydrogen-bond donors (Lipinski definition) is 0. The Labute approximate surface area is 375 Å². The minimum absolute atomic E-state index is 0. The van der Waals surface area contributed by atoms with Crippen LogP contribution in [0.1, 0.15) is 73.2 Å². The summed E-state index contributed by atoms with van der Waals surface area (Å²) in [5.74, 6) is 1.37. The predicted molar refractivity (Wildman–Crippen MR) is 254 cm³/mol. The van der Waals surface area contributed by atoms with Crippen LogP contribution in [0, 0.1) is 39.8 Å². The summed E-state index contributed by atoms with van der Waals surface area (Å²) in [6.45, 7) is 24.7. The molecule has 0 aliphatic carbocycles. The normalized spacial score (nSPS) is 11.7. The standard InChI is InChI=1S/C39H36N3O.C15H18NSi.Ir/c1-22(2)32-20-28(27-14-9-8-10-15-27)21-33(23(3)4)37(32)42-36-26(7)40-25(6)24(5)35(36)41-39(42)31-18-13-17-30-29-16-11-12-19-34(29)43-38(30)31;1-12-10-14(13-8-6-5-7-9-13)16-11-15(12)17(2,3)4;/h8-17,19-23H,1-7H3;5-8,10-11H,1-4H3;/q2*-1;. The maximum atomic E-state index is 6.54. The van der Waals surface area contributed by atoms with Crippen LogP contribution in [0.4, 0.5) is 0 Å². The maximum Gasteiger partial charge on any atom is 0.120 e. The molecule has 0 N–H and O–H groups in total. The molecular formula is C54H54IrN4OSi-2. The minimum Gasteiger partial charge on any atom is -0.501 e. The zero-order valence-corrected chi connectivity index (χ0v) is 40.5. The summed E-state index contributed by atoms with van der Waals surface area (Å²) < 4.78 is 8.90. The second-order valence-corrected chi connectivity index (χ2v) is 22.7. The Hall–Kier alpha value is -5.46. The van der Waals surface area contributed by atoms with Gasteiger partial charge in [0.2, 0.25) is 0 Å². The van der Waals surface area contributed by atoms with E-state index in [1.165, 1.54) is 38.7 Å². The van der Waals surface area contributed by atoms with Crippen molar-refractivity contribution in [2.75, 3.05) is 0 Å². The van der Waals surface area contributed by atoms with E-state index in [0.29, 0.717) is 0 Å². The molecule has 61 heavy (non-hydrogen) atoms. The fourth-order valence-electron chi connectivity index (χ4n) is 8.47. The van der Waals surface area contributed by atoms with E-state index in [-0.39, 0.29) is 31.9 Å². The number of hydrogen-bond acceptors (Lipinski definition) is 4. The van der Waals surface area contributed by atoms with Crippen molar-refractivity contribution in [2.45, 2.75) is 86.9 Å². The summed E-state index contributed by atoms with van der Waals surface area (Å²) in [6.07, 6.45) is 2.05. The molecule has 5 nitrogen and oxygen atoms in total. The molecule has 5 aromatic carbocycles. The molecule has 1 radical (unpaired) electrons. The largest absolute Gasteiger partial charge is 0.501 e. The molecule has 0 aliphatic heterocycles. The van der Waals surface area contributed by atoms with Gasteiger partial charge in [-0.05, 0) is 96.4 Å². The van der Waals surface area contributed by atoms with Crippen LogP contribution in [0.2, 0.25) is 19.6 Å². The van der Waals surface area contributed by atoms with Crippen molar-refractivity contribution in [3.8, 4) is 39.5 Å². The summed E-state index contributed by atoms with van der Waals surface area (Å²) >= 11 is 0. The first-order valence-electron chi connectivity index (χ1n) is 21.1. The van der Waals surface area contributed by atoms with Gasteiger partial charge < -0.3 is 14.0 Å². The summed E-state index contributed by atoms with van der Waals surface area (Å²) in [5.41, 5.74) is 17.2. The smallest absolute Gasteiger partial charge is 0.120 e. The molecule has 9 aromatic rings. The molecule has 0 fully saturated rings. The fourth-order valence-corrected chi connectivity index (χ4v) is 10.2. The van der Waals surface area contributed by atoms with Crippen LogP contribution in [-0.2, 0) is 20.1 Å². The second-order valence-electron chi connectivity index (χ2n) is 17.7. The number of para-hydroxylation sites is 1. The monoisotopic (exact) mass is 995 g/mol. The van der Waals surface area contributed by atoms with Crippen molar-refractivity contribution in [3.05, 3.63) is 161 Å². The number of rotatable bonds is 7. The molecule has 4 heterocycles. The number of imidazole rings is 1. The van der Waals surface area contributed by atoms with E-state index in [9.17, 15) is 0 Å². The van der Waals surface area contributed by atoms with Gasteiger partial charge in [0, 0.05) is 43.1 Å². The van der Waals surface area contributed by atoms with Crippen molar-refractivity contribution in [1.29, 1.82) is 0 Å². The Bertz CT molecular complexity index is 2980. The van der Waals surface area contributed by atoms with E-state index in [1.807, 2.05) is 36.4 Å². The summed E-state index contributed by atoms with van der Waals surface area (Å²) in [5, 5.41) is 3.61.